The summed E-state index contributed by atoms with van der Waals surface area (Å²) in [5.74, 6) is 1.26. The summed E-state index contributed by atoms with van der Waals surface area (Å²) in [5.41, 5.74) is 3.91. The topological polar surface area (TPSA) is 56.8 Å². The fraction of sp³-hybridized carbons (Fsp3) is 0.258. The molecule has 1 aliphatic heterocycles. The van der Waals surface area contributed by atoms with Gasteiger partial charge in [0, 0.05) is 29.6 Å². The highest BCUT2D eigenvalue weighted by atomic mass is 16.5. The molecule has 0 aliphatic carbocycles. The van der Waals surface area contributed by atoms with Crippen molar-refractivity contribution >= 4 is 16.7 Å². The molecule has 0 radical (unpaired) electrons. The molecule has 0 saturated carbocycles. The minimum atomic E-state index is -0.378. The van der Waals surface area contributed by atoms with Crippen LogP contribution in [-0.2, 0) is 4.74 Å². The van der Waals surface area contributed by atoms with Crippen molar-refractivity contribution in [2.24, 2.45) is 0 Å². The number of rotatable bonds is 7. The summed E-state index contributed by atoms with van der Waals surface area (Å²) >= 11 is 0. The van der Waals surface area contributed by atoms with Gasteiger partial charge in [-0.1, -0.05) is 66.7 Å². The number of fused-ring (bicyclic) bond motifs is 2. The Kier molecular flexibility index (Phi) is 6.92. The molecule has 0 saturated heterocycles. The molecule has 0 bridgehead atoms. The quantitative estimate of drug-likeness (QED) is 0.315. The predicted octanol–water partition coefficient (Wildman–Crippen LogP) is 6.27. The molecule has 4 aromatic rings. The van der Waals surface area contributed by atoms with E-state index in [0.717, 1.165) is 23.3 Å². The fourth-order valence-corrected chi connectivity index (χ4v) is 5.20. The molecule has 36 heavy (non-hydrogen) atoms. The van der Waals surface area contributed by atoms with Gasteiger partial charge in [-0.3, -0.25) is 0 Å². The molecule has 5 heteroatoms. The lowest BCUT2D eigenvalue weighted by Crippen LogP contribution is -2.37. The monoisotopic (exact) mass is 481 g/mol. The lowest BCUT2D eigenvalue weighted by molar-refractivity contribution is 0.0600. The van der Waals surface area contributed by atoms with E-state index in [4.69, 9.17) is 14.2 Å². The number of methoxy groups -OCH3 is 2. The van der Waals surface area contributed by atoms with Crippen LogP contribution in [0.3, 0.4) is 0 Å². The fourth-order valence-electron chi connectivity index (χ4n) is 5.20. The van der Waals surface area contributed by atoms with Gasteiger partial charge in [-0.15, -0.1) is 0 Å². The maximum Gasteiger partial charge on any atom is 0.337 e. The van der Waals surface area contributed by atoms with E-state index in [9.17, 15) is 4.79 Å². The third-order valence-corrected chi connectivity index (χ3v) is 7.06. The Morgan fingerprint density at radius 2 is 1.75 bits per heavy atom. The minimum absolute atomic E-state index is 0.0210. The molecule has 4 aromatic carbocycles. The number of esters is 1. The zero-order valence-corrected chi connectivity index (χ0v) is 20.9. The van der Waals surface area contributed by atoms with E-state index < -0.39 is 0 Å². The highest BCUT2D eigenvalue weighted by Crippen LogP contribution is 2.43. The van der Waals surface area contributed by atoms with Crippen molar-refractivity contribution in [1.82, 2.24) is 5.32 Å². The predicted molar refractivity (Wildman–Crippen MR) is 142 cm³/mol. The number of para-hydroxylation sites is 1. The lowest BCUT2D eigenvalue weighted by atomic mass is 9.83. The van der Waals surface area contributed by atoms with Crippen molar-refractivity contribution in [2.75, 3.05) is 20.8 Å². The molecular formula is C31H31NO4. The van der Waals surface area contributed by atoms with E-state index in [-0.39, 0.29) is 24.0 Å². The summed E-state index contributed by atoms with van der Waals surface area (Å²) < 4.78 is 17.0. The van der Waals surface area contributed by atoms with Crippen LogP contribution in [0.2, 0.25) is 0 Å². The van der Waals surface area contributed by atoms with Gasteiger partial charge in [0.05, 0.1) is 19.8 Å². The Hall–Kier alpha value is -3.83. The van der Waals surface area contributed by atoms with Gasteiger partial charge in [0.1, 0.15) is 17.6 Å². The number of hydrogen-bond acceptors (Lipinski definition) is 5. The molecule has 5 nitrogen and oxygen atoms in total. The van der Waals surface area contributed by atoms with Gasteiger partial charge < -0.3 is 19.5 Å². The average Bonchev–Trinajstić information content (AvgIpc) is 2.94. The van der Waals surface area contributed by atoms with Crippen molar-refractivity contribution in [1.29, 1.82) is 0 Å². The molecule has 1 heterocycles. The average molecular weight is 482 g/mol. The smallest absolute Gasteiger partial charge is 0.337 e. The second-order valence-electron chi connectivity index (χ2n) is 9.21. The first-order chi connectivity index (χ1) is 17.6. The van der Waals surface area contributed by atoms with Crippen LogP contribution in [0.5, 0.6) is 11.5 Å². The van der Waals surface area contributed by atoms with Crippen LogP contribution in [-0.4, -0.2) is 32.8 Å². The highest BCUT2D eigenvalue weighted by Gasteiger charge is 2.31. The first-order valence-corrected chi connectivity index (χ1v) is 12.3. The molecule has 0 aromatic heterocycles. The van der Waals surface area contributed by atoms with Gasteiger partial charge in [0.2, 0.25) is 0 Å². The van der Waals surface area contributed by atoms with E-state index in [0.29, 0.717) is 17.9 Å². The molecule has 5 rings (SSSR count). The summed E-state index contributed by atoms with van der Waals surface area (Å²) in [6.45, 7) is 2.91. The van der Waals surface area contributed by atoms with Crippen LogP contribution in [0, 0.1) is 0 Å². The molecular weight excluding hydrogens is 450 g/mol. The first-order valence-electron chi connectivity index (χ1n) is 12.3. The molecule has 184 valence electrons. The van der Waals surface area contributed by atoms with Gasteiger partial charge in [-0.25, -0.2) is 4.79 Å². The van der Waals surface area contributed by atoms with Crippen molar-refractivity contribution < 1.29 is 19.0 Å². The Labute approximate surface area is 212 Å². The Balaban J connectivity index is 1.39. The third-order valence-electron chi connectivity index (χ3n) is 7.06. The van der Waals surface area contributed by atoms with Crippen LogP contribution in [0.4, 0.5) is 0 Å². The van der Waals surface area contributed by atoms with Gasteiger partial charge in [-0.05, 0) is 47.9 Å². The maximum absolute atomic E-state index is 12.1. The summed E-state index contributed by atoms with van der Waals surface area (Å²) in [6.07, 6.45) is 0.771. The summed E-state index contributed by atoms with van der Waals surface area (Å²) in [4.78, 5) is 12.1. The zero-order valence-electron chi connectivity index (χ0n) is 20.9. The van der Waals surface area contributed by atoms with Crippen LogP contribution in [0.15, 0.2) is 84.9 Å². The van der Waals surface area contributed by atoms with Gasteiger partial charge >= 0.3 is 5.97 Å². The van der Waals surface area contributed by atoms with Crippen LogP contribution < -0.4 is 14.8 Å². The second kappa shape index (κ2) is 10.4. The van der Waals surface area contributed by atoms with E-state index in [1.165, 1.54) is 23.4 Å². The molecule has 0 unspecified atom stereocenters. The van der Waals surface area contributed by atoms with Gasteiger partial charge in [0.25, 0.3) is 0 Å². The number of carbonyl (C=O) groups excluding carboxylic acids is 1. The summed E-state index contributed by atoms with van der Waals surface area (Å²) in [5, 5.41) is 6.22. The molecule has 0 fully saturated rings. The van der Waals surface area contributed by atoms with Crippen molar-refractivity contribution in [3.63, 3.8) is 0 Å². The number of benzene rings is 4. The Morgan fingerprint density at radius 1 is 0.972 bits per heavy atom. The first kappa shape index (κ1) is 23.9. The third kappa shape index (κ3) is 4.67. The van der Waals surface area contributed by atoms with Crippen molar-refractivity contribution in [2.45, 2.75) is 31.4 Å². The van der Waals surface area contributed by atoms with E-state index >= 15 is 0 Å². The van der Waals surface area contributed by atoms with Crippen LogP contribution in [0.1, 0.15) is 52.4 Å². The number of ether oxygens (including phenoxy) is 3. The molecule has 0 amide bonds. The molecule has 3 atom stereocenters. The van der Waals surface area contributed by atoms with E-state index in [1.807, 2.05) is 24.3 Å². The van der Waals surface area contributed by atoms with E-state index in [1.54, 1.807) is 19.2 Å². The van der Waals surface area contributed by atoms with Crippen LogP contribution in [0.25, 0.3) is 10.8 Å². The van der Waals surface area contributed by atoms with Crippen LogP contribution >= 0.6 is 0 Å². The summed E-state index contributed by atoms with van der Waals surface area (Å²) in [6, 6.07) is 28.8. The van der Waals surface area contributed by atoms with E-state index in [2.05, 4.69) is 60.8 Å². The molecule has 1 aliphatic rings. The second-order valence-corrected chi connectivity index (χ2v) is 9.21. The SMILES string of the molecule is COC(=O)c1ccc([C@@H]2C[C@H](CN[C@H](C)c3cccc4ccccc34)Oc3ccccc32)c(OC)c1. The lowest BCUT2D eigenvalue weighted by Gasteiger charge is -2.34. The number of hydrogen-bond donors (Lipinski definition) is 1. The molecule has 1 N–H and O–H groups in total. The van der Waals surface area contributed by atoms with Crippen molar-refractivity contribution in [3.8, 4) is 11.5 Å². The number of nitrogens with one attached hydrogen (secondary N) is 1. The Morgan fingerprint density at radius 3 is 2.58 bits per heavy atom. The Bertz CT molecular complexity index is 1380. The zero-order chi connectivity index (χ0) is 25.1. The van der Waals surface area contributed by atoms with Gasteiger partial charge in [0.15, 0.2) is 0 Å². The van der Waals surface area contributed by atoms with Crippen molar-refractivity contribution in [3.05, 3.63) is 107 Å². The summed E-state index contributed by atoms with van der Waals surface area (Å²) in [7, 11) is 3.02. The molecule has 0 spiro atoms. The largest absolute Gasteiger partial charge is 0.496 e. The van der Waals surface area contributed by atoms with Gasteiger partial charge in [-0.2, -0.15) is 0 Å². The minimum Gasteiger partial charge on any atom is -0.496 e. The maximum atomic E-state index is 12.1. The normalized spacial score (nSPS) is 17.6. The standard InChI is InChI=1S/C31H31NO4/c1-20(24-13-8-10-21-9-4-5-11-25(21)24)32-19-23-18-28(26-12-6-7-14-29(26)36-23)27-16-15-22(31(33)35-3)17-30(27)34-2/h4-17,20,23,28,32H,18-19H2,1-3H3/t20-,23-,28-/m1/s1. The highest BCUT2D eigenvalue weighted by molar-refractivity contribution is 5.90. The number of carbonyl (C=O) groups is 1.